The van der Waals surface area contributed by atoms with Crippen molar-refractivity contribution in [3.05, 3.63) is 29.3 Å². The van der Waals surface area contributed by atoms with Gasteiger partial charge < -0.3 is 9.47 Å². The third-order valence-electron chi connectivity index (χ3n) is 3.56. The van der Waals surface area contributed by atoms with Crippen molar-refractivity contribution in [1.82, 2.24) is 0 Å². The molecule has 0 spiro atoms. The van der Waals surface area contributed by atoms with Gasteiger partial charge in [0.2, 0.25) is 0 Å². The minimum absolute atomic E-state index is 0.0260. The van der Waals surface area contributed by atoms with E-state index in [4.69, 9.17) is 9.47 Å². The fourth-order valence-corrected chi connectivity index (χ4v) is 2.61. The first kappa shape index (κ1) is 15.0. The van der Waals surface area contributed by atoms with Crippen LogP contribution in [0.25, 0.3) is 0 Å². The Bertz CT molecular complexity index is 485. The smallest absolute Gasteiger partial charge is 0.195 e. The molecule has 3 nitrogen and oxygen atoms in total. The van der Waals surface area contributed by atoms with Crippen LogP contribution in [0, 0.1) is 5.41 Å². The van der Waals surface area contributed by atoms with Gasteiger partial charge in [0, 0.05) is 6.61 Å². The van der Waals surface area contributed by atoms with E-state index >= 15 is 0 Å². The van der Waals surface area contributed by atoms with Gasteiger partial charge in [-0.2, -0.15) is 0 Å². The molecule has 20 heavy (non-hydrogen) atoms. The lowest BCUT2D eigenvalue weighted by Gasteiger charge is -2.30. The molecule has 0 N–H and O–H groups in total. The van der Waals surface area contributed by atoms with Gasteiger partial charge >= 0.3 is 0 Å². The summed E-state index contributed by atoms with van der Waals surface area (Å²) in [6, 6.07) is 5.83. The third-order valence-corrected chi connectivity index (χ3v) is 3.56. The van der Waals surface area contributed by atoms with E-state index in [0.717, 1.165) is 24.2 Å². The van der Waals surface area contributed by atoms with E-state index in [1.807, 2.05) is 45.9 Å². The number of aryl methyl sites for hydroxylation is 1. The average Bonchev–Trinajstić information content (AvgIpc) is 2.42. The minimum Gasteiger partial charge on any atom is -0.493 e. The summed E-state index contributed by atoms with van der Waals surface area (Å²) in [7, 11) is 0. The van der Waals surface area contributed by atoms with E-state index in [1.54, 1.807) is 0 Å². The largest absolute Gasteiger partial charge is 0.493 e. The Morgan fingerprint density at radius 3 is 2.80 bits per heavy atom. The van der Waals surface area contributed by atoms with Crippen LogP contribution < -0.4 is 4.74 Å². The SMILES string of the molecule is CCOC(C(=O)c1cccc2c1OCCC2)C(C)(C)C. The van der Waals surface area contributed by atoms with Crippen molar-refractivity contribution < 1.29 is 14.3 Å². The van der Waals surface area contributed by atoms with Crippen LogP contribution >= 0.6 is 0 Å². The highest BCUT2D eigenvalue weighted by molar-refractivity contribution is 6.02. The van der Waals surface area contributed by atoms with Gasteiger partial charge in [-0.15, -0.1) is 0 Å². The molecule has 1 aliphatic heterocycles. The van der Waals surface area contributed by atoms with Gasteiger partial charge in [-0.1, -0.05) is 32.9 Å². The van der Waals surface area contributed by atoms with Gasteiger partial charge in [-0.05, 0) is 36.8 Å². The summed E-state index contributed by atoms with van der Waals surface area (Å²) >= 11 is 0. The molecule has 1 aromatic carbocycles. The van der Waals surface area contributed by atoms with Gasteiger partial charge in [0.15, 0.2) is 5.78 Å². The highest BCUT2D eigenvalue weighted by atomic mass is 16.5. The molecular weight excluding hydrogens is 252 g/mol. The predicted molar refractivity (Wildman–Crippen MR) is 79.5 cm³/mol. The Hall–Kier alpha value is -1.35. The van der Waals surface area contributed by atoms with E-state index in [2.05, 4.69) is 0 Å². The zero-order valence-electron chi connectivity index (χ0n) is 12.9. The summed E-state index contributed by atoms with van der Waals surface area (Å²) < 4.78 is 11.4. The average molecular weight is 276 g/mol. The molecule has 0 saturated heterocycles. The number of hydrogen-bond donors (Lipinski definition) is 0. The summed E-state index contributed by atoms with van der Waals surface area (Å²) in [6.45, 7) is 9.23. The summed E-state index contributed by atoms with van der Waals surface area (Å²) in [5.41, 5.74) is 1.56. The zero-order valence-corrected chi connectivity index (χ0v) is 12.9. The first-order chi connectivity index (χ1) is 9.45. The Morgan fingerprint density at radius 2 is 2.15 bits per heavy atom. The summed E-state index contributed by atoms with van der Waals surface area (Å²) in [5, 5.41) is 0. The molecule has 3 heteroatoms. The molecule has 0 fully saturated rings. The fraction of sp³-hybridized carbons (Fsp3) is 0.588. The standard InChI is InChI=1S/C17H24O3/c1-5-19-16(17(2,3)4)14(18)13-10-6-8-12-9-7-11-20-15(12)13/h6,8,10,16H,5,7,9,11H2,1-4H3. The summed E-state index contributed by atoms with van der Waals surface area (Å²) in [5.74, 6) is 0.788. The number of benzene rings is 1. The maximum absolute atomic E-state index is 12.8. The Morgan fingerprint density at radius 1 is 1.40 bits per heavy atom. The summed E-state index contributed by atoms with van der Waals surface area (Å²) in [4.78, 5) is 12.8. The maximum atomic E-state index is 12.8. The molecule has 2 rings (SSSR count). The van der Waals surface area contributed by atoms with Crippen LogP contribution in [-0.2, 0) is 11.2 Å². The number of ketones is 1. The fourth-order valence-electron chi connectivity index (χ4n) is 2.61. The topological polar surface area (TPSA) is 35.5 Å². The van der Waals surface area contributed by atoms with Crippen molar-refractivity contribution in [2.75, 3.05) is 13.2 Å². The molecule has 0 amide bonds. The van der Waals surface area contributed by atoms with Crippen LogP contribution in [0.1, 0.15) is 50.0 Å². The zero-order chi connectivity index (χ0) is 14.8. The van der Waals surface area contributed by atoms with Crippen LogP contribution in [0.15, 0.2) is 18.2 Å². The normalized spacial score (nSPS) is 16.2. The van der Waals surface area contributed by atoms with E-state index in [9.17, 15) is 4.79 Å². The van der Waals surface area contributed by atoms with Crippen molar-refractivity contribution in [1.29, 1.82) is 0 Å². The van der Waals surface area contributed by atoms with Gasteiger partial charge in [-0.3, -0.25) is 4.79 Å². The number of para-hydroxylation sites is 1. The molecule has 0 aromatic heterocycles. The number of ether oxygens (including phenoxy) is 2. The molecule has 0 aliphatic carbocycles. The molecule has 1 unspecified atom stereocenters. The number of Topliss-reactive ketones (excluding diaryl/α,β-unsaturated/α-hetero) is 1. The van der Waals surface area contributed by atoms with Crippen molar-refractivity contribution in [3.8, 4) is 5.75 Å². The van der Waals surface area contributed by atoms with Crippen molar-refractivity contribution in [3.63, 3.8) is 0 Å². The molecular formula is C17H24O3. The molecule has 0 radical (unpaired) electrons. The molecule has 0 bridgehead atoms. The van der Waals surface area contributed by atoms with Gasteiger partial charge in [0.1, 0.15) is 11.9 Å². The summed E-state index contributed by atoms with van der Waals surface area (Å²) in [6.07, 6.45) is 1.55. The third kappa shape index (κ3) is 3.04. The quantitative estimate of drug-likeness (QED) is 0.787. The van der Waals surface area contributed by atoms with Crippen LogP contribution in [0.5, 0.6) is 5.75 Å². The molecule has 1 aromatic rings. The number of carbonyl (C=O) groups excluding carboxylic acids is 1. The lowest BCUT2D eigenvalue weighted by Crippen LogP contribution is -2.37. The second-order valence-corrected chi connectivity index (χ2v) is 6.31. The number of hydrogen-bond acceptors (Lipinski definition) is 3. The monoisotopic (exact) mass is 276 g/mol. The van der Waals surface area contributed by atoms with Crippen LogP contribution in [-0.4, -0.2) is 25.1 Å². The molecule has 1 aliphatic rings. The van der Waals surface area contributed by atoms with Gasteiger partial charge in [0.25, 0.3) is 0 Å². The van der Waals surface area contributed by atoms with Crippen molar-refractivity contribution in [2.45, 2.75) is 46.6 Å². The van der Waals surface area contributed by atoms with Crippen LogP contribution in [0.3, 0.4) is 0 Å². The van der Waals surface area contributed by atoms with Crippen molar-refractivity contribution in [2.24, 2.45) is 5.41 Å². The highest BCUT2D eigenvalue weighted by Gasteiger charge is 2.34. The molecule has 1 heterocycles. The second-order valence-electron chi connectivity index (χ2n) is 6.31. The van der Waals surface area contributed by atoms with E-state index in [1.165, 1.54) is 0 Å². The van der Waals surface area contributed by atoms with E-state index in [0.29, 0.717) is 18.8 Å². The van der Waals surface area contributed by atoms with E-state index < -0.39 is 6.10 Å². The molecule has 110 valence electrons. The molecule has 0 saturated carbocycles. The van der Waals surface area contributed by atoms with Crippen molar-refractivity contribution >= 4 is 5.78 Å². The minimum atomic E-state index is -0.440. The van der Waals surface area contributed by atoms with Gasteiger partial charge in [-0.25, -0.2) is 0 Å². The number of rotatable bonds is 4. The van der Waals surface area contributed by atoms with Crippen LogP contribution in [0.4, 0.5) is 0 Å². The Balaban J connectivity index is 2.37. The second kappa shape index (κ2) is 5.96. The van der Waals surface area contributed by atoms with Gasteiger partial charge in [0.05, 0.1) is 12.2 Å². The van der Waals surface area contributed by atoms with Crippen LogP contribution in [0.2, 0.25) is 0 Å². The predicted octanol–water partition coefficient (Wildman–Crippen LogP) is 3.65. The van der Waals surface area contributed by atoms with E-state index in [-0.39, 0.29) is 11.2 Å². The Kier molecular flexibility index (Phi) is 4.48. The highest BCUT2D eigenvalue weighted by Crippen LogP contribution is 2.33. The first-order valence-corrected chi connectivity index (χ1v) is 7.35. The maximum Gasteiger partial charge on any atom is 0.195 e. The number of carbonyl (C=O) groups is 1. The lowest BCUT2D eigenvalue weighted by molar-refractivity contribution is -0.000460. The lowest BCUT2D eigenvalue weighted by atomic mass is 9.83. The first-order valence-electron chi connectivity index (χ1n) is 7.35. The Labute approximate surface area is 121 Å². The number of fused-ring (bicyclic) bond motifs is 1. The molecule has 1 atom stereocenters.